The average Bonchev–Trinajstić information content (AvgIpc) is 2.35. The van der Waals surface area contributed by atoms with Crippen molar-refractivity contribution in [3.8, 4) is 0 Å². The van der Waals surface area contributed by atoms with Gasteiger partial charge < -0.3 is 5.32 Å². The van der Waals surface area contributed by atoms with Crippen LogP contribution in [0.2, 0.25) is 0 Å². The summed E-state index contributed by atoms with van der Waals surface area (Å²) in [6.07, 6.45) is 10.4. The molecule has 90 valence electrons. The zero-order chi connectivity index (χ0) is 11.8. The van der Waals surface area contributed by atoms with Gasteiger partial charge in [0.25, 0.3) is 0 Å². The molecule has 0 spiro atoms. The second-order valence-corrected chi connectivity index (χ2v) is 4.25. The van der Waals surface area contributed by atoms with Crippen LogP contribution < -0.4 is 5.32 Å². The third-order valence-corrected chi connectivity index (χ3v) is 3.17. The lowest BCUT2D eigenvalue weighted by Gasteiger charge is -2.25. The second-order valence-electron chi connectivity index (χ2n) is 4.25. The van der Waals surface area contributed by atoms with Crippen LogP contribution in [0.15, 0.2) is 18.7 Å². The summed E-state index contributed by atoms with van der Waals surface area (Å²) in [4.78, 5) is 8.20. The topological polar surface area (TPSA) is 37.8 Å². The van der Waals surface area contributed by atoms with Crippen molar-refractivity contribution >= 4 is 0 Å². The minimum atomic E-state index is 0.387. The van der Waals surface area contributed by atoms with E-state index in [1.165, 1.54) is 31.2 Å². The lowest BCUT2D eigenvalue weighted by Crippen LogP contribution is -2.25. The number of hydrogen-bond donors (Lipinski definition) is 1. The van der Waals surface area contributed by atoms with Crippen LogP contribution in [0, 0.1) is 5.92 Å². The first kappa shape index (κ1) is 13.1. The van der Waals surface area contributed by atoms with Crippen LogP contribution in [0.1, 0.15) is 51.1 Å². The molecule has 3 heteroatoms. The van der Waals surface area contributed by atoms with Gasteiger partial charge in [-0.15, -0.1) is 0 Å². The Balaban J connectivity index is 2.71. The van der Waals surface area contributed by atoms with E-state index in [4.69, 9.17) is 0 Å². The van der Waals surface area contributed by atoms with Gasteiger partial charge in [-0.05, 0) is 19.4 Å². The maximum Gasteiger partial charge on any atom is 0.115 e. The lowest BCUT2D eigenvalue weighted by molar-refractivity contribution is 0.338. The van der Waals surface area contributed by atoms with Gasteiger partial charge >= 0.3 is 0 Å². The first-order valence-electron chi connectivity index (χ1n) is 6.25. The molecule has 1 heterocycles. The van der Waals surface area contributed by atoms with Gasteiger partial charge in [0.05, 0.1) is 0 Å². The van der Waals surface area contributed by atoms with Gasteiger partial charge in [-0.2, -0.15) is 0 Å². The summed E-state index contributed by atoms with van der Waals surface area (Å²) >= 11 is 0. The third-order valence-electron chi connectivity index (χ3n) is 3.17. The lowest BCUT2D eigenvalue weighted by atomic mass is 9.88. The van der Waals surface area contributed by atoms with Crippen LogP contribution in [-0.2, 0) is 0 Å². The predicted octanol–water partition coefficient (Wildman–Crippen LogP) is 2.95. The number of nitrogens with one attached hydrogen (secondary N) is 1. The quantitative estimate of drug-likeness (QED) is 0.769. The Hall–Kier alpha value is -0.960. The van der Waals surface area contributed by atoms with Crippen molar-refractivity contribution in [3.63, 3.8) is 0 Å². The van der Waals surface area contributed by atoms with Crippen molar-refractivity contribution in [1.29, 1.82) is 0 Å². The van der Waals surface area contributed by atoms with Gasteiger partial charge in [0.1, 0.15) is 6.33 Å². The molecule has 2 atom stereocenters. The summed E-state index contributed by atoms with van der Waals surface area (Å²) in [5, 5.41) is 3.40. The van der Waals surface area contributed by atoms with E-state index in [0.29, 0.717) is 12.0 Å². The summed E-state index contributed by atoms with van der Waals surface area (Å²) in [6.45, 7) is 4.50. The van der Waals surface area contributed by atoms with Gasteiger partial charge in [0.2, 0.25) is 0 Å². The molecule has 0 aliphatic carbocycles. The molecule has 1 aromatic heterocycles. The van der Waals surface area contributed by atoms with E-state index in [2.05, 4.69) is 29.1 Å². The van der Waals surface area contributed by atoms with Crippen molar-refractivity contribution in [2.75, 3.05) is 7.05 Å². The van der Waals surface area contributed by atoms with Crippen molar-refractivity contribution in [2.24, 2.45) is 5.92 Å². The Labute approximate surface area is 98.7 Å². The Morgan fingerprint density at radius 2 is 1.94 bits per heavy atom. The molecular formula is C13H23N3. The fourth-order valence-corrected chi connectivity index (χ4v) is 2.22. The first-order chi connectivity index (χ1) is 7.83. The maximum atomic E-state index is 4.10. The molecule has 2 unspecified atom stereocenters. The fourth-order valence-electron chi connectivity index (χ4n) is 2.22. The highest BCUT2D eigenvalue weighted by atomic mass is 14.9. The van der Waals surface area contributed by atoms with Crippen molar-refractivity contribution in [1.82, 2.24) is 15.3 Å². The summed E-state index contributed by atoms with van der Waals surface area (Å²) in [5.41, 5.74) is 1.20. The molecule has 1 rings (SSSR count). The molecule has 1 N–H and O–H groups in total. The Kier molecular flexibility index (Phi) is 6.01. The molecule has 0 fully saturated rings. The van der Waals surface area contributed by atoms with Gasteiger partial charge in [-0.3, -0.25) is 0 Å². The normalized spacial score (nSPS) is 14.7. The van der Waals surface area contributed by atoms with E-state index in [1.54, 1.807) is 6.33 Å². The SMILES string of the molecule is CCCCC(CC)C(NC)c1cncnc1. The number of rotatable bonds is 7. The molecule has 0 aromatic carbocycles. The van der Waals surface area contributed by atoms with E-state index >= 15 is 0 Å². The molecule has 0 saturated heterocycles. The van der Waals surface area contributed by atoms with Crippen LogP contribution in [-0.4, -0.2) is 17.0 Å². The van der Waals surface area contributed by atoms with E-state index in [9.17, 15) is 0 Å². The minimum absolute atomic E-state index is 0.387. The number of hydrogen-bond acceptors (Lipinski definition) is 3. The van der Waals surface area contributed by atoms with Crippen LogP contribution in [0.5, 0.6) is 0 Å². The molecule has 3 nitrogen and oxygen atoms in total. The molecule has 0 aliphatic rings. The average molecular weight is 221 g/mol. The Morgan fingerprint density at radius 1 is 1.25 bits per heavy atom. The van der Waals surface area contributed by atoms with Gasteiger partial charge in [-0.25, -0.2) is 9.97 Å². The van der Waals surface area contributed by atoms with Gasteiger partial charge in [0.15, 0.2) is 0 Å². The standard InChI is InChI=1S/C13H23N3/c1-4-6-7-11(5-2)13(14-3)12-8-15-10-16-9-12/h8-11,13-14H,4-7H2,1-3H3. The maximum absolute atomic E-state index is 4.10. The third kappa shape index (κ3) is 3.56. The summed E-state index contributed by atoms with van der Waals surface area (Å²) in [7, 11) is 2.02. The molecule has 0 aliphatic heterocycles. The predicted molar refractivity (Wildman–Crippen MR) is 67.1 cm³/mol. The van der Waals surface area contributed by atoms with Crippen molar-refractivity contribution < 1.29 is 0 Å². The van der Waals surface area contributed by atoms with E-state index in [1.807, 2.05) is 19.4 Å². The summed E-state index contributed by atoms with van der Waals surface area (Å²) < 4.78 is 0. The Morgan fingerprint density at radius 3 is 2.44 bits per heavy atom. The molecule has 0 bridgehead atoms. The van der Waals surface area contributed by atoms with Crippen LogP contribution in [0.25, 0.3) is 0 Å². The van der Waals surface area contributed by atoms with Crippen LogP contribution in [0.4, 0.5) is 0 Å². The smallest absolute Gasteiger partial charge is 0.115 e. The molecule has 1 aromatic rings. The number of aromatic nitrogens is 2. The highest BCUT2D eigenvalue weighted by Gasteiger charge is 2.19. The molecule has 0 amide bonds. The molecular weight excluding hydrogens is 198 g/mol. The largest absolute Gasteiger partial charge is 0.313 e. The highest BCUT2D eigenvalue weighted by molar-refractivity contribution is 5.10. The van der Waals surface area contributed by atoms with E-state index in [0.717, 1.165) is 0 Å². The van der Waals surface area contributed by atoms with Crippen LogP contribution in [0.3, 0.4) is 0 Å². The summed E-state index contributed by atoms with van der Waals surface area (Å²) in [6, 6.07) is 0.387. The number of nitrogens with zero attached hydrogens (tertiary/aromatic N) is 2. The van der Waals surface area contributed by atoms with Crippen molar-refractivity contribution in [3.05, 3.63) is 24.3 Å². The van der Waals surface area contributed by atoms with E-state index < -0.39 is 0 Å². The van der Waals surface area contributed by atoms with Crippen LogP contribution >= 0.6 is 0 Å². The first-order valence-corrected chi connectivity index (χ1v) is 6.25. The highest BCUT2D eigenvalue weighted by Crippen LogP contribution is 2.27. The molecule has 0 saturated carbocycles. The Bertz CT molecular complexity index is 274. The van der Waals surface area contributed by atoms with Gasteiger partial charge in [0, 0.05) is 24.0 Å². The zero-order valence-corrected chi connectivity index (χ0v) is 10.6. The monoisotopic (exact) mass is 221 g/mol. The summed E-state index contributed by atoms with van der Waals surface area (Å²) in [5.74, 6) is 0.677. The van der Waals surface area contributed by atoms with Gasteiger partial charge in [-0.1, -0.05) is 33.1 Å². The second kappa shape index (κ2) is 7.34. The molecule has 0 radical (unpaired) electrons. The molecule has 16 heavy (non-hydrogen) atoms. The van der Waals surface area contributed by atoms with E-state index in [-0.39, 0.29) is 0 Å². The fraction of sp³-hybridized carbons (Fsp3) is 0.692. The minimum Gasteiger partial charge on any atom is -0.313 e. The van der Waals surface area contributed by atoms with Crippen molar-refractivity contribution in [2.45, 2.75) is 45.6 Å². The zero-order valence-electron chi connectivity index (χ0n) is 10.6. The number of unbranched alkanes of at least 4 members (excludes halogenated alkanes) is 1.